The van der Waals surface area contributed by atoms with Crippen LogP contribution in [0, 0.1) is 50.4 Å². The molecule has 0 fully saturated rings. The Labute approximate surface area is 432 Å². The van der Waals surface area contributed by atoms with E-state index >= 15 is 0 Å². The van der Waals surface area contributed by atoms with E-state index in [9.17, 15) is 10.5 Å². The van der Waals surface area contributed by atoms with Gasteiger partial charge in [-0.25, -0.2) is 0 Å². The van der Waals surface area contributed by atoms with Crippen molar-refractivity contribution in [3.05, 3.63) is 264 Å². The Morgan fingerprint density at radius 3 is 0.932 bits per heavy atom. The third-order valence-corrected chi connectivity index (χ3v) is 14.4. The van der Waals surface area contributed by atoms with Crippen LogP contribution in [0.15, 0.2) is 231 Å². The molecular weight excluding hydrogens is 897 g/mol. The van der Waals surface area contributed by atoms with Crippen molar-refractivity contribution >= 4 is 66.4 Å². The summed E-state index contributed by atoms with van der Waals surface area (Å²) in [6.07, 6.45) is 0. The SMILES string of the molecule is Cc1cccc(-c2cc(-c3cccc(C)c3)cc(N(c3ccccc3C#N)c3ccc4ccc5c(N(c6cc(-c7cccc(C)c7)cc(-c7cccc(C)c7)c6)c6ccccc6C#N)ccc6ccc3c4c65)c2)c1. The van der Waals surface area contributed by atoms with Crippen molar-refractivity contribution in [3.63, 3.8) is 0 Å². The summed E-state index contributed by atoms with van der Waals surface area (Å²) in [6.45, 7) is 8.53. The molecule has 4 heteroatoms. The Morgan fingerprint density at radius 2 is 0.608 bits per heavy atom. The maximum atomic E-state index is 10.8. The summed E-state index contributed by atoms with van der Waals surface area (Å²) in [5.41, 5.74) is 20.1. The van der Waals surface area contributed by atoms with Gasteiger partial charge >= 0.3 is 0 Å². The molecule has 0 atom stereocenters. The van der Waals surface area contributed by atoms with Crippen LogP contribution in [0.5, 0.6) is 0 Å². The maximum Gasteiger partial charge on any atom is 0.101 e. The number of hydrogen-bond acceptors (Lipinski definition) is 4. The zero-order chi connectivity index (χ0) is 50.5. The fraction of sp³-hybridized carbons (Fsp3) is 0.0571. The molecular formula is C70H50N4. The maximum absolute atomic E-state index is 10.8. The lowest BCUT2D eigenvalue weighted by Gasteiger charge is -2.31. The number of anilines is 6. The van der Waals surface area contributed by atoms with Gasteiger partial charge in [-0.1, -0.05) is 180 Å². The summed E-state index contributed by atoms with van der Waals surface area (Å²) in [7, 11) is 0. The van der Waals surface area contributed by atoms with Gasteiger partial charge in [0.05, 0.1) is 33.9 Å². The minimum atomic E-state index is 0.572. The molecule has 0 bridgehead atoms. The molecule has 0 radical (unpaired) electrons. The van der Waals surface area contributed by atoms with E-state index in [1.807, 2.05) is 36.4 Å². The Balaban J connectivity index is 1.13. The van der Waals surface area contributed by atoms with Crippen LogP contribution in [0.2, 0.25) is 0 Å². The van der Waals surface area contributed by atoms with E-state index in [2.05, 4.69) is 244 Å². The van der Waals surface area contributed by atoms with E-state index in [4.69, 9.17) is 0 Å². The number of hydrogen-bond donors (Lipinski definition) is 0. The van der Waals surface area contributed by atoms with E-state index < -0.39 is 0 Å². The van der Waals surface area contributed by atoms with Crippen LogP contribution >= 0.6 is 0 Å². The first-order valence-corrected chi connectivity index (χ1v) is 25.1. The molecule has 12 aromatic rings. The number of para-hydroxylation sites is 2. The van der Waals surface area contributed by atoms with Gasteiger partial charge in [-0.3, -0.25) is 0 Å². The van der Waals surface area contributed by atoms with Crippen molar-refractivity contribution in [2.24, 2.45) is 0 Å². The minimum absolute atomic E-state index is 0.572. The highest BCUT2D eigenvalue weighted by Crippen LogP contribution is 2.50. The Kier molecular flexibility index (Phi) is 11.5. The average molecular weight is 947 g/mol. The molecule has 0 aliphatic heterocycles. The van der Waals surface area contributed by atoms with Crippen molar-refractivity contribution in [1.29, 1.82) is 10.5 Å². The van der Waals surface area contributed by atoms with E-state index in [0.29, 0.717) is 11.1 Å². The van der Waals surface area contributed by atoms with Gasteiger partial charge in [-0.2, -0.15) is 10.5 Å². The zero-order valence-electron chi connectivity index (χ0n) is 41.7. The molecule has 0 heterocycles. The number of benzene rings is 12. The molecule has 74 heavy (non-hydrogen) atoms. The third kappa shape index (κ3) is 8.25. The van der Waals surface area contributed by atoms with Gasteiger partial charge in [-0.05, 0) is 167 Å². The van der Waals surface area contributed by atoms with Gasteiger partial charge in [0.2, 0.25) is 0 Å². The Hall–Kier alpha value is -9.74. The lowest BCUT2D eigenvalue weighted by molar-refractivity contribution is 1.28. The lowest BCUT2D eigenvalue weighted by Crippen LogP contribution is -2.13. The first-order valence-electron chi connectivity index (χ1n) is 25.1. The lowest BCUT2D eigenvalue weighted by atomic mass is 9.91. The molecule has 0 amide bonds. The van der Waals surface area contributed by atoms with Gasteiger partial charge < -0.3 is 9.80 Å². The van der Waals surface area contributed by atoms with Crippen LogP contribution in [-0.2, 0) is 0 Å². The standard InChI is InChI=1S/C70H50N4/c1-45-13-9-19-51(33-45)57-37-58(52-20-10-14-46(2)34-52)40-61(39-57)73(65-23-7-5-17-55(65)43-71)67-31-27-49-26-30-64-68(32-28-50-25-29-63(67)69(49)70(50)64)74(66-24-8-6-18-56(66)44-72)62-41-59(53-21-11-15-47(3)35-53)38-60(42-62)54-22-12-16-48(4)36-54/h5-42H,1-4H3. The summed E-state index contributed by atoms with van der Waals surface area (Å²) in [4.78, 5) is 4.56. The van der Waals surface area contributed by atoms with Crippen LogP contribution in [-0.4, -0.2) is 0 Å². The summed E-state index contributed by atoms with van der Waals surface area (Å²) >= 11 is 0. The second kappa shape index (κ2) is 18.8. The predicted octanol–water partition coefficient (Wildman–Crippen LogP) is 19.2. The third-order valence-electron chi connectivity index (χ3n) is 14.4. The molecule has 0 N–H and O–H groups in total. The van der Waals surface area contributed by atoms with Crippen LogP contribution in [0.25, 0.3) is 76.8 Å². The van der Waals surface area contributed by atoms with Crippen LogP contribution in [0.3, 0.4) is 0 Å². The normalized spacial score (nSPS) is 11.2. The van der Waals surface area contributed by atoms with E-state index in [0.717, 1.165) is 111 Å². The second-order valence-electron chi connectivity index (χ2n) is 19.5. The van der Waals surface area contributed by atoms with Crippen molar-refractivity contribution in [1.82, 2.24) is 0 Å². The minimum Gasteiger partial charge on any atom is -0.308 e. The molecule has 0 aromatic heterocycles. The average Bonchev–Trinajstić information content (AvgIpc) is 3.44. The summed E-state index contributed by atoms with van der Waals surface area (Å²) in [5, 5.41) is 28.2. The number of rotatable bonds is 10. The molecule has 0 aliphatic rings. The highest BCUT2D eigenvalue weighted by atomic mass is 15.2. The van der Waals surface area contributed by atoms with Gasteiger partial charge in [0.15, 0.2) is 0 Å². The van der Waals surface area contributed by atoms with E-state index in [1.165, 1.54) is 22.3 Å². The van der Waals surface area contributed by atoms with Crippen molar-refractivity contribution < 1.29 is 0 Å². The Morgan fingerprint density at radius 1 is 0.284 bits per heavy atom. The summed E-state index contributed by atoms with van der Waals surface area (Å²) in [6, 6.07) is 87.0. The van der Waals surface area contributed by atoms with Crippen LogP contribution in [0.1, 0.15) is 33.4 Å². The summed E-state index contributed by atoms with van der Waals surface area (Å²) < 4.78 is 0. The molecule has 0 unspecified atom stereocenters. The largest absolute Gasteiger partial charge is 0.308 e. The highest BCUT2D eigenvalue weighted by molar-refractivity contribution is 6.28. The van der Waals surface area contributed by atoms with Gasteiger partial charge in [0.1, 0.15) is 12.1 Å². The smallest absolute Gasteiger partial charge is 0.101 e. The molecule has 4 nitrogen and oxygen atoms in total. The van der Waals surface area contributed by atoms with E-state index in [1.54, 1.807) is 0 Å². The molecule has 0 saturated carbocycles. The summed E-state index contributed by atoms with van der Waals surface area (Å²) in [5.74, 6) is 0. The quantitative estimate of drug-likeness (QED) is 0.128. The molecule has 12 aromatic carbocycles. The monoisotopic (exact) mass is 946 g/mol. The van der Waals surface area contributed by atoms with Crippen LogP contribution in [0.4, 0.5) is 34.1 Å². The molecule has 12 rings (SSSR count). The predicted molar refractivity (Wildman–Crippen MR) is 310 cm³/mol. The number of nitriles is 2. The number of aryl methyl sites for hydroxylation is 4. The zero-order valence-corrected chi connectivity index (χ0v) is 41.7. The van der Waals surface area contributed by atoms with Crippen LogP contribution < -0.4 is 9.80 Å². The first kappa shape index (κ1) is 45.4. The van der Waals surface area contributed by atoms with Gasteiger partial charge in [-0.15, -0.1) is 0 Å². The van der Waals surface area contributed by atoms with Crippen molar-refractivity contribution in [2.45, 2.75) is 27.7 Å². The molecule has 350 valence electrons. The van der Waals surface area contributed by atoms with Crippen molar-refractivity contribution in [2.75, 3.05) is 9.80 Å². The molecule has 0 saturated heterocycles. The topological polar surface area (TPSA) is 54.1 Å². The highest BCUT2D eigenvalue weighted by Gasteiger charge is 2.25. The Bertz CT molecular complexity index is 3840. The van der Waals surface area contributed by atoms with Crippen molar-refractivity contribution in [3.8, 4) is 56.6 Å². The molecule has 0 spiro atoms. The first-order chi connectivity index (χ1) is 36.2. The second-order valence-corrected chi connectivity index (χ2v) is 19.5. The molecule has 0 aliphatic carbocycles. The van der Waals surface area contributed by atoms with E-state index in [-0.39, 0.29) is 0 Å². The fourth-order valence-corrected chi connectivity index (χ4v) is 10.9. The van der Waals surface area contributed by atoms with Gasteiger partial charge in [0.25, 0.3) is 0 Å². The number of nitrogens with zero attached hydrogens (tertiary/aromatic N) is 4. The van der Waals surface area contributed by atoms with Gasteiger partial charge in [0, 0.05) is 22.1 Å². The fourth-order valence-electron chi connectivity index (χ4n) is 10.9.